The van der Waals surface area contributed by atoms with E-state index < -0.39 is 11.6 Å². The predicted octanol–water partition coefficient (Wildman–Crippen LogP) is 4.60. The van der Waals surface area contributed by atoms with Crippen molar-refractivity contribution in [3.63, 3.8) is 0 Å². The van der Waals surface area contributed by atoms with E-state index in [2.05, 4.69) is 5.32 Å². The second kappa shape index (κ2) is 7.27. The zero-order valence-electron chi connectivity index (χ0n) is 15.9. The molecule has 1 atom stereocenters. The van der Waals surface area contributed by atoms with Gasteiger partial charge < -0.3 is 14.5 Å². The second-order valence-electron chi connectivity index (χ2n) is 7.45. The molecule has 0 saturated carbocycles. The maximum atomic E-state index is 12.4. The number of esters is 1. The quantitative estimate of drug-likeness (QED) is 0.684. The Bertz CT molecular complexity index is 1020. The van der Waals surface area contributed by atoms with Gasteiger partial charge in [0.2, 0.25) is 0 Å². The summed E-state index contributed by atoms with van der Waals surface area (Å²) in [4.78, 5) is 24.6. The van der Waals surface area contributed by atoms with Gasteiger partial charge in [0.05, 0.1) is 5.39 Å². The topological polar surface area (TPSA) is 68.5 Å². The largest absolute Gasteiger partial charge is 0.458 e. The van der Waals surface area contributed by atoms with E-state index in [0.717, 1.165) is 5.56 Å². The van der Waals surface area contributed by atoms with Gasteiger partial charge in [0.25, 0.3) is 0 Å². The number of benzene rings is 2. The van der Waals surface area contributed by atoms with Crippen LogP contribution in [0.1, 0.15) is 27.7 Å². The fourth-order valence-corrected chi connectivity index (χ4v) is 2.69. The molecule has 3 aromatic rings. The summed E-state index contributed by atoms with van der Waals surface area (Å²) in [6, 6.07) is 15.6. The van der Waals surface area contributed by atoms with Gasteiger partial charge in [0.1, 0.15) is 23.0 Å². The van der Waals surface area contributed by atoms with E-state index in [9.17, 15) is 9.59 Å². The number of fused-ring (bicyclic) bond motifs is 1. The number of nitrogens with one attached hydrogen (secondary N) is 1. The lowest BCUT2D eigenvalue weighted by Crippen LogP contribution is -2.34. The van der Waals surface area contributed by atoms with E-state index in [-0.39, 0.29) is 11.4 Å². The summed E-state index contributed by atoms with van der Waals surface area (Å²) >= 11 is 0. The van der Waals surface area contributed by atoms with Gasteiger partial charge in [-0.05, 0) is 39.8 Å². The third-order valence-corrected chi connectivity index (χ3v) is 3.93. The minimum absolute atomic E-state index is 0.109. The van der Waals surface area contributed by atoms with E-state index in [1.54, 1.807) is 25.1 Å². The predicted molar refractivity (Wildman–Crippen MR) is 107 cm³/mol. The molecule has 0 radical (unpaired) electrons. The lowest BCUT2D eigenvalue weighted by atomic mass is 10.1. The van der Waals surface area contributed by atoms with Crippen LogP contribution in [0.2, 0.25) is 0 Å². The Morgan fingerprint density at radius 2 is 1.78 bits per heavy atom. The highest BCUT2D eigenvalue weighted by molar-refractivity contribution is 5.84. The number of ether oxygens (including phenoxy) is 1. The summed E-state index contributed by atoms with van der Waals surface area (Å²) in [5.74, 6) is 0.160. The summed E-state index contributed by atoms with van der Waals surface area (Å²) in [7, 11) is 0. The fraction of sp³-hybridized carbons (Fsp3) is 0.273. The number of anilines is 1. The number of hydrogen-bond acceptors (Lipinski definition) is 5. The molecule has 0 bridgehead atoms. The molecule has 27 heavy (non-hydrogen) atoms. The first-order chi connectivity index (χ1) is 12.7. The maximum Gasteiger partial charge on any atom is 0.328 e. The van der Waals surface area contributed by atoms with Crippen LogP contribution >= 0.6 is 0 Å². The van der Waals surface area contributed by atoms with Crippen LogP contribution < -0.4 is 10.7 Å². The van der Waals surface area contributed by atoms with Crippen molar-refractivity contribution in [1.29, 1.82) is 0 Å². The zero-order chi connectivity index (χ0) is 19.6. The lowest BCUT2D eigenvalue weighted by molar-refractivity contribution is -0.155. The molecule has 1 heterocycles. The molecular weight excluding hydrogens is 342 g/mol. The summed E-state index contributed by atoms with van der Waals surface area (Å²) < 4.78 is 11.3. The van der Waals surface area contributed by atoms with Gasteiger partial charge in [0, 0.05) is 23.4 Å². The normalized spacial score (nSPS) is 12.6. The SMILES string of the molecule is C[C@H](Nc1ccc2c(=O)cc(-c3ccccc3)oc2c1)C(=O)OC(C)(C)C. The number of carbonyl (C=O) groups excluding carboxylic acids is 1. The Morgan fingerprint density at radius 3 is 2.44 bits per heavy atom. The van der Waals surface area contributed by atoms with Gasteiger partial charge >= 0.3 is 5.97 Å². The molecule has 0 aliphatic carbocycles. The van der Waals surface area contributed by atoms with Crippen LogP contribution in [0.25, 0.3) is 22.3 Å². The summed E-state index contributed by atoms with van der Waals surface area (Å²) in [5.41, 5.74) is 1.31. The summed E-state index contributed by atoms with van der Waals surface area (Å²) in [6.07, 6.45) is 0. The van der Waals surface area contributed by atoms with E-state index in [0.29, 0.717) is 22.4 Å². The molecule has 0 unspecified atom stereocenters. The van der Waals surface area contributed by atoms with Gasteiger partial charge in [0.15, 0.2) is 5.43 Å². The van der Waals surface area contributed by atoms with Crippen molar-refractivity contribution in [3.05, 3.63) is 64.8 Å². The maximum absolute atomic E-state index is 12.4. The van der Waals surface area contributed by atoms with Gasteiger partial charge in [-0.2, -0.15) is 0 Å². The minimum Gasteiger partial charge on any atom is -0.458 e. The van der Waals surface area contributed by atoms with Gasteiger partial charge in [-0.25, -0.2) is 4.79 Å². The van der Waals surface area contributed by atoms with Crippen molar-refractivity contribution >= 4 is 22.6 Å². The average molecular weight is 365 g/mol. The molecule has 0 amide bonds. The number of carbonyl (C=O) groups is 1. The first-order valence-corrected chi connectivity index (χ1v) is 8.86. The third-order valence-electron chi connectivity index (χ3n) is 3.93. The molecule has 140 valence electrons. The molecule has 5 heteroatoms. The van der Waals surface area contributed by atoms with Crippen molar-refractivity contribution in [3.8, 4) is 11.3 Å². The van der Waals surface area contributed by atoms with Crippen LogP contribution in [0.15, 0.2) is 63.8 Å². The van der Waals surface area contributed by atoms with Crippen molar-refractivity contribution in [2.75, 3.05) is 5.32 Å². The monoisotopic (exact) mass is 365 g/mol. The van der Waals surface area contributed by atoms with Crippen LogP contribution in [-0.4, -0.2) is 17.6 Å². The summed E-state index contributed by atoms with van der Waals surface area (Å²) in [5, 5.41) is 3.59. The Morgan fingerprint density at radius 1 is 1.07 bits per heavy atom. The first-order valence-electron chi connectivity index (χ1n) is 8.86. The number of rotatable bonds is 4. The molecular formula is C22H23NO4. The molecule has 0 spiro atoms. The van der Waals surface area contributed by atoms with Crippen LogP contribution in [0.5, 0.6) is 0 Å². The van der Waals surface area contributed by atoms with Gasteiger partial charge in [-0.1, -0.05) is 30.3 Å². The highest BCUT2D eigenvalue weighted by atomic mass is 16.6. The van der Waals surface area contributed by atoms with Crippen LogP contribution in [0, 0.1) is 0 Å². The molecule has 0 saturated heterocycles. The fourth-order valence-electron chi connectivity index (χ4n) is 2.69. The molecule has 1 aromatic heterocycles. The first kappa shape index (κ1) is 18.7. The van der Waals surface area contributed by atoms with Crippen molar-refractivity contribution in [2.24, 2.45) is 0 Å². The zero-order valence-corrected chi connectivity index (χ0v) is 15.9. The second-order valence-corrected chi connectivity index (χ2v) is 7.45. The smallest absolute Gasteiger partial charge is 0.328 e. The highest BCUT2D eigenvalue weighted by Crippen LogP contribution is 2.24. The Kier molecular flexibility index (Phi) is 5.04. The summed E-state index contributed by atoms with van der Waals surface area (Å²) in [6.45, 7) is 7.21. The molecule has 1 N–H and O–H groups in total. The highest BCUT2D eigenvalue weighted by Gasteiger charge is 2.21. The molecule has 3 rings (SSSR count). The minimum atomic E-state index is -0.548. The third kappa shape index (κ3) is 4.56. The molecule has 5 nitrogen and oxygen atoms in total. The van der Waals surface area contributed by atoms with Gasteiger partial charge in [-0.15, -0.1) is 0 Å². The molecule has 2 aromatic carbocycles. The standard InChI is InChI=1S/C22H23NO4/c1-14(21(25)27-22(2,3)4)23-16-10-11-17-18(24)13-19(26-20(17)12-16)15-8-6-5-7-9-15/h5-14,23H,1-4H3/t14-/m0/s1. The van der Waals surface area contributed by atoms with Crippen LogP contribution in [-0.2, 0) is 9.53 Å². The Hall–Kier alpha value is -3.08. The van der Waals surface area contributed by atoms with Crippen LogP contribution in [0.4, 0.5) is 5.69 Å². The van der Waals surface area contributed by atoms with Crippen LogP contribution in [0.3, 0.4) is 0 Å². The van der Waals surface area contributed by atoms with Crippen molar-refractivity contribution < 1.29 is 13.9 Å². The van der Waals surface area contributed by atoms with Gasteiger partial charge in [-0.3, -0.25) is 4.79 Å². The Labute approximate surface area is 158 Å². The van der Waals surface area contributed by atoms with E-state index >= 15 is 0 Å². The number of hydrogen-bond donors (Lipinski definition) is 1. The van der Waals surface area contributed by atoms with E-state index in [4.69, 9.17) is 9.15 Å². The van der Waals surface area contributed by atoms with E-state index in [1.807, 2.05) is 51.1 Å². The lowest BCUT2D eigenvalue weighted by Gasteiger charge is -2.23. The van der Waals surface area contributed by atoms with Crippen molar-refractivity contribution in [2.45, 2.75) is 39.3 Å². The van der Waals surface area contributed by atoms with Crippen molar-refractivity contribution in [1.82, 2.24) is 0 Å². The average Bonchev–Trinajstić information content (AvgIpc) is 2.60. The van der Waals surface area contributed by atoms with E-state index in [1.165, 1.54) is 6.07 Å². The molecule has 0 aliphatic heterocycles. The molecule has 0 aliphatic rings. The molecule has 0 fully saturated rings. The Balaban J connectivity index is 1.90.